The van der Waals surface area contributed by atoms with Crippen molar-refractivity contribution in [2.75, 3.05) is 26.7 Å². The molecule has 0 radical (unpaired) electrons. The average Bonchev–Trinajstić information content (AvgIpc) is 2.48. The topological polar surface area (TPSA) is 38.5 Å². The van der Waals surface area contributed by atoms with Gasteiger partial charge in [-0.05, 0) is 31.0 Å². The van der Waals surface area contributed by atoms with Gasteiger partial charge in [-0.3, -0.25) is 4.90 Å². The second-order valence-corrected chi connectivity index (χ2v) is 5.22. The van der Waals surface area contributed by atoms with E-state index in [0.717, 1.165) is 31.5 Å². The fourth-order valence-electron chi connectivity index (χ4n) is 2.84. The fourth-order valence-corrected chi connectivity index (χ4v) is 2.84. The Morgan fingerprint density at radius 3 is 2.80 bits per heavy atom. The Labute approximate surface area is 118 Å². The van der Waals surface area contributed by atoms with Crippen LogP contribution in [0.25, 0.3) is 0 Å². The summed E-state index contributed by atoms with van der Waals surface area (Å²) in [7, 11) is 1.71. The molecule has 1 saturated heterocycles. The molecular formula is C15H22F2N2O. The summed E-state index contributed by atoms with van der Waals surface area (Å²) in [6.45, 7) is 2.15. The Bertz CT molecular complexity index is 428. The van der Waals surface area contributed by atoms with Crippen LogP contribution in [0.4, 0.5) is 8.78 Å². The lowest BCUT2D eigenvalue weighted by Gasteiger charge is -2.37. The van der Waals surface area contributed by atoms with E-state index >= 15 is 0 Å². The smallest absolute Gasteiger partial charge is 0.263 e. The number of alkyl halides is 2. The van der Waals surface area contributed by atoms with Crippen LogP contribution in [-0.2, 0) is 4.74 Å². The van der Waals surface area contributed by atoms with Crippen molar-refractivity contribution < 1.29 is 13.5 Å². The van der Waals surface area contributed by atoms with Gasteiger partial charge in [-0.15, -0.1) is 0 Å². The largest absolute Gasteiger partial charge is 0.380 e. The number of nitrogens with two attached hydrogens (primary N) is 1. The third-order valence-corrected chi connectivity index (χ3v) is 3.95. The summed E-state index contributed by atoms with van der Waals surface area (Å²) in [5.74, 6) is 0. The maximum absolute atomic E-state index is 12.8. The number of rotatable bonds is 5. The normalized spacial score (nSPS) is 22.1. The second kappa shape index (κ2) is 7.11. The summed E-state index contributed by atoms with van der Waals surface area (Å²) in [5.41, 5.74) is 6.80. The first-order valence-corrected chi connectivity index (χ1v) is 7.00. The molecule has 1 fully saturated rings. The summed E-state index contributed by atoms with van der Waals surface area (Å²) in [6, 6.07) is 6.55. The van der Waals surface area contributed by atoms with Crippen LogP contribution in [0.2, 0.25) is 0 Å². The van der Waals surface area contributed by atoms with E-state index < -0.39 is 6.43 Å². The van der Waals surface area contributed by atoms with Gasteiger partial charge in [0.15, 0.2) is 0 Å². The van der Waals surface area contributed by atoms with Gasteiger partial charge in [-0.25, -0.2) is 8.78 Å². The Hall–Kier alpha value is -1.04. The molecule has 1 heterocycles. The van der Waals surface area contributed by atoms with E-state index in [9.17, 15) is 8.78 Å². The molecule has 2 unspecified atom stereocenters. The molecule has 1 aliphatic heterocycles. The zero-order valence-electron chi connectivity index (χ0n) is 11.8. The number of benzene rings is 1. The number of hydrogen-bond donors (Lipinski definition) is 1. The van der Waals surface area contributed by atoms with Crippen molar-refractivity contribution in [2.24, 2.45) is 5.73 Å². The maximum Gasteiger partial charge on any atom is 0.263 e. The SMILES string of the molecule is COC1CCCN(C(CN)c2cccc(C(F)F)c2)C1. The van der Waals surface area contributed by atoms with Crippen LogP contribution < -0.4 is 5.73 Å². The highest BCUT2D eigenvalue weighted by molar-refractivity contribution is 5.27. The molecule has 0 saturated carbocycles. The first-order valence-electron chi connectivity index (χ1n) is 7.00. The van der Waals surface area contributed by atoms with Crippen molar-refractivity contribution in [3.63, 3.8) is 0 Å². The minimum absolute atomic E-state index is 0.0216. The van der Waals surface area contributed by atoms with Gasteiger partial charge in [-0.1, -0.05) is 18.2 Å². The van der Waals surface area contributed by atoms with E-state index in [1.54, 1.807) is 19.2 Å². The van der Waals surface area contributed by atoms with E-state index in [1.165, 1.54) is 6.07 Å². The molecule has 1 aromatic carbocycles. The standard InChI is InChI=1S/C15H22F2N2O/c1-20-13-6-3-7-19(10-13)14(9-18)11-4-2-5-12(8-11)15(16)17/h2,4-5,8,13-15H,3,6-7,9-10,18H2,1H3. The fraction of sp³-hybridized carbons (Fsp3) is 0.600. The lowest BCUT2D eigenvalue weighted by molar-refractivity contribution is 0.0154. The molecule has 20 heavy (non-hydrogen) atoms. The minimum Gasteiger partial charge on any atom is -0.380 e. The number of halogens is 2. The van der Waals surface area contributed by atoms with Crippen molar-refractivity contribution >= 4 is 0 Å². The Balaban J connectivity index is 2.16. The first-order chi connectivity index (χ1) is 9.65. The minimum atomic E-state index is -2.44. The van der Waals surface area contributed by atoms with Crippen molar-refractivity contribution in [1.82, 2.24) is 4.90 Å². The molecule has 3 nitrogen and oxygen atoms in total. The number of ether oxygens (including phenoxy) is 1. The lowest BCUT2D eigenvalue weighted by atomic mass is 9.99. The maximum atomic E-state index is 12.8. The summed E-state index contributed by atoms with van der Waals surface area (Å²) < 4.78 is 31.0. The van der Waals surface area contributed by atoms with Crippen LogP contribution in [0, 0.1) is 0 Å². The van der Waals surface area contributed by atoms with Gasteiger partial charge in [0.05, 0.1) is 6.10 Å². The van der Waals surface area contributed by atoms with Gasteiger partial charge < -0.3 is 10.5 Å². The monoisotopic (exact) mass is 284 g/mol. The molecule has 0 spiro atoms. The molecule has 0 amide bonds. The quantitative estimate of drug-likeness (QED) is 0.903. The Morgan fingerprint density at radius 1 is 1.40 bits per heavy atom. The van der Waals surface area contributed by atoms with E-state index in [4.69, 9.17) is 10.5 Å². The molecule has 0 aromatic heterocycles. The van der Waals surface area contributed by atoms with Gasteiger partial charge in [0, 0.05) is 31.8 Å². The van der Waals surface area contributed by atoms with Crippen LogP contribution in [0.1, 0.15) is 36.4 Å². The molecule has 1 aromatic rings. The molecular weight excluding hydrogens is 262 g/mol. The molecule has 2 rings (SSSR count). The van der Waals surface area contributed by atoms with E-state index in [1.807, 2.05) is 6.07 Å². The van der Waals surface area contributed by atoms with E-state index in [-0.39, 0.29) is 17.7 Å². The lowest BCUT2D eigenvalue weighted by Crippen LogP contribution is -2.43. The molecule has 0 bridgehead atoms. The summed E-state index contributed by atoms with van der Waals surface area (Å²) in [6.07, 6.45) is -0.150. The van der Waals surface area contributed by atoms with Gasteiger partial charge >= 0.3 is 0 Å². The van der Waals surface area contributed by atoms with Gasteiger partial charge in [0.25, 0.3) is 6.43 Å². The highest BCUT2D eigenvalue weighted by atomic mass is 19.3. The highest BCUT2D eigenvalue weighted by Crippen LogP contribution is 2.27. The molecule has 2 N–H and O–H groups in total. The number of likely N-dealkylation sites (tertiary alicyclic amines) is 1. The third-order valence-electron chi connectivity index (χ3n) is 3.95. The van der Waals surface area contributed by atoms with E-state index in [0.29, 0.717) is 6.54 Å². The predicted molar refractivity (Wildman–Crippen MR) is 74.8 cm³/mol. The number of piperidine rings is 1. The van der Waals surface area contributed by atoms with Crippen molar-refractivity contribution in [1.29, 1.82) is 0 Å². The van der Waals surface area contributed by atoms with Crippen LogP contribution in [0.3, 0.4) is 0 Å². The first kappa shape index (κ1) is 15.4. The van der Waals surface area contributed by atoms with Crippen molar-refractivity contribution in [3.05, 3.63) is 35.4 Å². The van der Waals surface area contributed by atoms with Crippen LogP contribution >= 0.6 is 0 Å². The van der Waals surface area contributed by atoms with Gasteiger partial charge in [0.2, 0.25) is 0 Å². The second-order valence-electron chi connectivity index (χ2n) is 5.22. The summed E-state index contributed by atoms with van der Waals surface area (Å²) in [4.78, 5) is 2.24. The number of hydrogen-bond acceptors (Lipinski definition) is 3. The van der Waals surface area contributed by atoms with Crippen LogP contribution in [-0.4, -0.2) is 37.7 Å². The molecule has 5 heteroatoms. The Kier molecular flexibility index (Phi) is 5.46. The molecule has 2 atom stereocenters. The molecule has 0 aliphatic carbocycles. The third kappa shape index (κ3) is 3.53. The van der Waals surface area contributed by atoms with Gasteiger partial charge in [0.1, 0.15) is 0 Å². The highest BCUT2D eigenvalue weighted by Gasteiger charge is 2.26. The number of methoxy groups -OCH3 is 1. The Morgan fingerprint density at radius 2 is 2.15 bits per heavy atom. The predicted octanol–water partition coefficient (Wildman–Crippen LogP) is 2.73. The van der Waals surface area contributed by atoms with Crippen LogP contribution in [0.5, 0.6) is 0 Å². The zero-order chi connectivity index (χ0) is 14.5. The van der Waals surface area contributed by atoms with Gasteiger partial charge in [-0.2, -0.15) is 0 Å². The van der Waals surface area contributed by atoms with E-state index in [2.05, 4.69) is 4.90 Å². The average molecular weight is 284 g/mol. The molecule has 1 aliphatic rings. The summed E-state index contributed by atoms with van der Waals surface area (Å²) >= 11 is 0. The summed E-state index contributed by atoms with van der Waals surface area (Å²) in [5, 5.41) is 0. The van der Waals surface area contributed by atoms with Crippen LogP contribution in [0.15, 0.2) is 24.3 Å². The number of nitrogens with zero attached hydrogens (tertiary/aromatic N) is 1. The van der Waals surface area contributed by atoms with Crippen molar-refractivity contribution in [3.8, 4) is 0 Å². The zero-order valence-corrected chi connectivity index (χ0v) is 11.8. The molecule has 112 valence electrons. The van der Waals surface area contributed by atoms with Crippen molar-refractivity contribution in [2.45, 2.75) is 31.4 Å².